The van der Waals surface area contributed by atoms with Crippen LogP contribution in [0.25, 0.3) is 16.7 Å². The third-order valence-corrected chi connectivity index (χ3v) is 3.74. The van der Waals surface area contributed by atoms with Crippen molar-refractivity contribution in [2.75, 3.05) is 5.32 Å². The minimum Gasteiger partial charge on any atom is -0.444 e. The smallest absolute Gasteiger partial charge is 0.411 e. The minimum atomic E-state index is -0.404. The first-order valence-corrected chi connectivity index (χ1v) is 6.72. The lowest BCUT2D eigenvalue weighted by Gasteiger charge is -2.18. The molecule has 1 aliphatic heterocycles. The molecule has 0 fully saturated rings. The summed E-state index contributed by atoms with van der Waals surface area (Å²) in [4.78, 5) is 15.7. The highest BCUT2D eigenvalue weighted by molar-refractivity contribution is 5.88. The molecule has 1 N–H and O–H groups in total. The number of benzene rings is 2. The van der Waals surface area contributed by atoms with Crippen LogP contribution in [0, 0.1) is 6.92 Å². The number of imidazole rings is 1. The summed E-state index contributed by atoms with van der Waals surface area (Å²) in [6, 6.07) is 12.0. The predicted molar refractivity (Wildman–Crippen MR) is 79.6 cm³/mol. The summed E-state index contributed by atoms with van der Waals surface area (Å²) in [6.07, 6.45) is 1.42. The van der Waals surface area contributed by atoms with E-state index < -0.39 is 6.09 Å². The number of rotatable bonds is 1. The number of nitrogens with one attached hydrogen (secondary N) is 1. The van der Waals surface area contributed by atoms with Crippen molar-refractivity contribution in [1.82, 2.24) is 9.55 Å². The van der Waals surface area contributed by atoms with Gasteiger partial charge in [-0.25, -0.2) is 9.78 Å². The fraction of sp³-hybridized carbons (Fsp3) is 0.125. The number of anilines is 1. The van der Waals surface area contributed by atoms with Gasteiger partial charge in [-0.05, 0) is 36.8 Å². The molecule has 104 valence electrons. The summed E-state index contributed by atoms with van der Waals surface area (Å²) >= 11 is 0. The van der Waals surface area contributed by atoms with Crippen LogP contribution in [0.15, 0.2) is 42.7 Å². The van der Waals surface area contributed by atoms with Gasteiger partial charge in [0.15, 0.2) is 0 Å². The van der Waals surface area contributed by atoms with Crippen LogP contribution < -0.4 is 5.32 Å². The molecule has 0 saturated carbocycles. The lowest BCUT2D eigenvalue weighted by atomic mass is 10.1. The topological polar surface area (TPSA) is 56.2 Å². The number of hydrogen-bond donors (Lipinski definition) is 1. The van der Waals surface area contributed by atoms with Crippen LogP contribution in [0.3, 0.4) is 0 Å². The number of amides is 1. The molecule has 4 rings (SSSR count). The zero-order chi connectivity index (χ0) is 14.4. The maximum absolute atomic E-state index is 11.2. The van der Waals surface area contributed by atoms with E-state index in [-0.39, 0.29) is 0 Å². The van der Waals surface area contributed by atoms with Crippen LogP contribution in [-0.4, -0.2) is 15.6 Å². The third kappa shape index (κ3) is 1.86. The first kappa shape index (κ1) is 12.0. The number of cyclic esters (lactones) is 1. The summed E-state index contributed by atoms with van der Waals surface area (Å²) < 4.78 is 7.05. The van der Waals surface area contributed by atoms with Crippen LogP contribution in [0.4, 0.5) is 10.5 Å². The zero-order valence-electron chi connectivity index (χ0n) is 11.5. The van der Waals surface area contributed by atoms with Crippen molar-refractivity contribution < 1.29 is 9.53 Å². The van der Waals surface area contributed by atoms with Crippen molar-refractivity contribution in [1.29, 1.82) is 0 Å². The molecule has 5 heteroatoms. The Morgan fingerprint density at radius 1 is 1.29 bits per heavy atom. The van der Waals surface area contributed by atoms with Crippen molar-refractivity contribution in [3.63, 3.8) is 0 Å². The second-order valence-corrected chi connectivity index (χ2v) is 5.10. The van der Waals surface area contributed by atoms with Crippen molar-refractivity contribution in [2.45, 2.75) is 13.5 Å². The van der Waals surface area contributed by atoms with Crippen LogP contribution in [0.2, 0.25) is 0 Å². The van der Waals surface area contributed by atoms with E-state index >= 15 is 0 Å². The Kier molecular flexibility index (Phi) is 2.47. The molecular weight excluding hydrogens is 266 g/mol. The van der Waals surface area contributed by atoms with Gasteiger partial charge in [-0.3, -0.25) is 9.88 Å². The van der Waals surface area contributed by atoms with Crippen LogP contribution >= 0.6 is 0 Å². The molecule has 0 atom stereocenters. The van der Waals surface area contributed by atoms with E-state index in [9.17, 15) is 4.79 Å². The fourth-order valence-corrected chi connectivity index (χ4v) is 2.65. The molecule has 0 spiro atoms. The standard InChI is InChI=1S/C16H13N3O2/c1-10-3-2-4-14-15(10)17-9-19(14)12-5-6-13-11(7-12)8-21-16(20)18-13/h2-7,9H,8H2,1H3,(H,18,20). The molecule has 0 radical (unpaired) electrons. The number of aryl methyl sites for hydroxylation is 1. The van der Waals surface area contributed by atoms with Gasteiger partial charge in [-0.15, -0.1) is 0 Å². The largest absolute Gasteiger partial charge is 0.444 e. The Balaban J connectivity index is 1.86. The number of fused-ring (bicyclic) bond motifs is 2. The highest BCUT2D eigenvalue weighted by Gasteiger charge is 2.16. The Bertz CT molecular complexity index is 867. The number of carbonyl (C=O) groups excluding carboxylic acids is 1. The number of hydrogen-bond acceptors (Lipinski definition) is 3. The van der Waals surface area contributed by atoms with Crippen LogP contribution in [0.1, 0.15) is 11.1 Å². The normalized spacial score (nSPS) is 13.7. The van der Waals surface area contributed by atoms with Gasteiger partial charge in [0.05, 0.1) is 16.7 Å². The molecular formula is C16H13N3O2. The van der Waals surface area contributed by atoms with E-state index in [1.54, 1.807) is 0 Å². The molecule has 1 aliphatic rings. The molecule has 0 unspecified atom stereocenters. The highest BCUT2D eigenvalue weighted by atomic mass is 16.5. The van der Waals surface area contributed by atoms with E-state index in [1.807, 2.05) is 41.2 Å². The fourth-order valence-electron chi connectivity index (χ4n) is 2.65. The average Bonchev–Trinajstić information content (AvgIpc) is 2.92. The van der Waals surface area contributed by atoms with Crippen molar-refractivity contribution in [3.8, 4) is 5.69 Å². The lowest BCUT2D eigenvalue weighted by molar-refractivity contribution is 0.151. The summed E-state index contributed by atoms with van der Waals surface area (Å²) in [5, 5.41) is 2.69. The molecule has 3 aromatic rings. The van der Waals surface area contributed by atoms with Crippen LogP contribution in [-0.2, 0) is 11.3 Å². The Hall–Kier alpha value is -2.82. The molecule has 21 heavy (non-hydrogen) atoms. The van der Waals surface area contributed by atoms with Crippen LogP contribution in [0.5, 0.6) is 0 Å². The zero-order valence-corrected chi connectivity index (χ0v) is 11.5. The Labute approximate surface area is 121 Å². The van der Waals surface area contributed by atoms with Gasteiger partial charge in [0, 0.05) is 11.3 Å². The Morgan fingerprint density at radius 2 is 2.19 bits per heavy atom. The molecule has 0 saturated heterocycles. The third-order valence-electron chi connectivity index (χ3n) is 3.74. The summed E-state index contributed by atoms with van der Waals surface area (Å²) in [6.45, 7) is 2.34. The van der Waals surface area contributed by atoms with Crippen molar-refractivity contribution >= 4 is 22.8 Å². The van der Waals surface area contributed by atoms with Gasteiger partial charge in [0.2, 0.25) is 0 Å². The quantitative estimate of drug-likeness (QED) is 0.742. The second-order valence-electron chi connectivity index (χ2n) is 5.10. The number of carbonyl (C=O) groups is 1. The van der Waals surface area contributed by atoms with Gasteiger partial charge >= 0.3 is 6.09 Å². The molecule has 5 nitrogen and oxygen atoms in total. The summed E-state index contributed by atoms with van der Waals surface area (Å²) in [5.74, 6) is 0. The number of nitrogens with zero attached hydrogens (tertiary/aromatic N) is 2. The maximum Gasteiger partial charge on any atom is 0.411 e. The number of ether oxygens (including phenoxy) is 1. The summed E-state index contributed by atoms with van der Waals surface area (Å²) in [5.41, 5.74) is 5.98. The summed E-state index contributed by atoms with van der Waals surface area (Å²) in [7, 11) is 0. The molecule has 0 bridgehead atoms. The molecule has 2 aromatic carbocycles. The molecule has 1 aromatic heterocycles. The Morgan fingerprint density at radius 3 is 3.10 bits per heavy atom. The van der Waals surface area contributed by atoms with Crippen molar-refractivity contribution in [3.05, 3.63) is 53.9 Å². The van der Waals surface area contributed by atoms with E-state index in [0.29, 0.717) is 6.61 Å². The first-order chi connectivity index (χ1) is 10.2. The maximum atomic E-state index is 11.2. The van der Waals surface area contributed by atoms with Gasteiger partial charge in [0.1, 0.15) is 12.9 Å². The SMILES string of the molecule is Cc1cccc2c1ncn2-c1ccc2c(c1)COC(=O)N2. The number of para-hydroxylation sites is 1. The van der Waals surface area contributed by atoms with Crippen molar-refractivity contribution in [2.24, 2.45) is 0 Å². The second kappa shape index (κ2) is 4.34. The monoisotopic (exact) mass is 279 g/mol. The average molecular weight is 279 g/mol. The predicted octanol–water partition coefficient (Wildman–Crippen LogP) is 3.40. The van der Waals surface area contributed by atoms with E-state index in [4.69, 9.17) is 4.74 Å². The first-order valence-electron chi connectivity index (χ1n) is 6.72. The number of aromatic nitrogens is 2. The molecule has 0 aliphatic carbocycles. The molecule has 1 amide bonds. The van der Waals surface area contributed by atoms with E-state index in [0.717, 1.165) is 33.5 Å². The van der Waals surface area contributed by atoms with Gasteiger partial charge in [-0.2, -0.15) is 0 Å². The van der Waals surface area contributed by atoms with E-state index in [1.165, 1.54) is 0 Å². The van der Waals surface area contributed by atoms with E-state index in [2.05, 4.69) is 23.3 Å². The lowest BCUT2D eigenvalue weighted by Crippen LogP contribution is -2.20. The minimum absolute atomic E-state index is 0.292. The van der Waals surface area contributed by atoms with Gasteiger partial charge < -0.3 is 4.74 Å². The highest BCUT2D eigenvalue weighted by Crippen LogP contribution is 2.27. The molecule has 2 heterocycles. The van der Waals surface area contributed by atoms with Gasteiger partial charge in [0.25, 0.3) is 0 Å². The van der Waals surface area contributed by atoms with Gasteiger partial charge in [-0.1, -0.05) is 12.1 Å².